The number of rotatable bonds is 6. The average molecular weight is 328 g/mol. The number of nitrogens with zero attached hydrogens (tertiary/aromatic N) is 2. The first-order chi connectivity index (χ1) is 10.9. The highest BCUT2D eigenvalue weighted by atomic mass is 19.4. The Morgan fingerprint density at radius 2 is 2.04 bits per heavy atom. The molecule has 6 nitrogen and oxygen atoms in total. The molecule has 0 aliphatic carbocycles. The van der Waals surface area contributed by atoms with Gasteiger partial charge in [-0.05, 0) is 12.1 Å². The molecule has 0 atom stereocenters. The van der Waals surface area contributed by atoms with Crippen molar-refractivity contribution in [2.75, 3.05) is 11.9 Å². The lowest BCUT2D eigenvalue weighted by molar-refractivity contribution is -0.123. The van der Waals surface area contributed by atoms with Gasteiger partial charge in [-0.1, -0.05) is 24.2 Å². The van der Waals surface area contributed by atoms with Crippen LogP contribution in [-0.2, 0) is 13.0 Å². The van der Waals surface area contributed by atoms with Gasteiger partial charge < -0.3 is 15.2 Å². The van der Waals surface area contributed by atoms with Crippen molar-refractivity contribution in [2.45, 2.75) is 26.1 Å². The van der Waals surface area contributed by atoms with Gasteiger partial charge in [-0.15, -0.1) is 0 Å². The molecule has 9 heteroatoms. The van der Waals surface area contributed by atoms with Gasteiger partial charge in [-0.2, -0.15) is 18.2 Å². The summed E-state index contributed by atoms with van der Waals surface area (Å²) in [4.78, 5) is 16.0. The molecule has 0 aliphatic rings. The van der Waals surface area contributed by atoms with Crippen LogP contribution in [0.5, 0.6) is 0 Å². The highest BCUT2D eigenvalue weighted by molar-refractivity contribution is 5.99. The summed E-state index contributed by atoms with van der Waals surface area (Å²) in [6, 6.07) is 6.25. The third-order valence-electron chi connectivity index (χ3n) is 2.87. The SMILES string of the molecule is CCc1nc(CNc2ccccc2C(=O)NCC(F)(F)F)no1. The molecule has 1 amide bonds. The Labute approximate surface area is 130 Å². The number of aryl methyl sites for hydroxylation is 1. The second kappa shape index (κ2) is 7.12. The molecule has 0 aliphatic heterocycles. The van der Waals surface area contributed by atoms with Gasteiger partial charge in [-0.3, -0.25) is 4.79 Å². The van der Waals surface area contributed by atoms with Crippen molar-refractivity contribution in [1.29, 1.82) is 0 Å². The fourth-order valence-corrected chi connectivity index (χ4v) is 1.79. The van der Waals surface area contributed by atoms with Crippen molar-refractivity contribution in [3.05, 3.63) is 41.5 Å². The summed E-state index contributed by atoms with van der Waals surface area (Å²) < 4.78 is 41.5. The summed E-state index contributed by atoms with van der Waals surface area (Å²) in [6.45, 7) is 0.670. The van der Waals surface area contributed by atoms with Gasteiger partial charge in [-0.25, -0.2) is 0 Å². The van der Waals surface area contributed by atoms with Crippen LogP contribution < -0.4 is 10.6 Å². The quantitative estimate of drug-likeness (QED) is 0.852. The molecule has 2 rings (SSSR count). The van der Waals surface area contributed by atoms with Crippen LogP contribution >= 0.6 is 0 Å². The average Bonchev–Trinajstić information content (AvgIpc) is 2.98. The predicted molar refractivity (Wildman–Crippen MR) is 75.8 cm³/mol. The number of para-hydroxylation sites is 1. The molecule has 1 aromatic heterocycles. The third-order valence-corrected chi connectivity index (χ3v) is 2.87. The molecular weight excluding hydrogens is 313 g/mol. The summed E-state index contributed by atoms with van der Waals surface area (Å²) >= 11 is 0. The Hall–Kier alpha value is -2.58. The maximum Gasteiger partial charge on any atom is 0.405 e. The van der Waals surface area contributed by atoms with Crippen molar-refractivity contribution in [1.82, 2.24) is 15.5 Å². The largest absolute Gasteiger partial charge is 0.405 e. The smallest absolute Gasteiger partial charge is 0.377 e. The molecule has 23 heavy (non-hydrogen) atoms. The molecule has 0 fully saturated rings. The minimum atomic E-state index is -4.46. The zero-order valence-corrected chi connectivity index (χ0v) is 12.3. The molecule has 0 saturated heterocycles. The van der Waals surface area contributed by atoms with E-state index < -0.39 is 18.6 Å². The van der Waals surface area contributed by atoms with Crippen LogP contribution in [0, 0.1) is 0 Å². The lowest BCUT2D eigenvalue weighted by Gasteiger charge is -2.12. The fraction of sp³-hybridized carbons (Fsp3) is 0.357. The first kappa shape index (κ1) is 16.8. The van der Waals surface area contributed by atoms with Crippen molar-refractivity contribution >= 4 is 11.6 Å². The maximum atomic E-state index is 12.2. The summed E-state index contributed by atoms with van der Waals surface area (Å²) in [5.74, 6) is 0.0677. The molecule has 0 spiro atoms. The number of carbonyl (C=O) groups is 1. The van der Waals surface area contributed by atoms with Crippen LogP contribution in [0.3, 0.4) is 0 Å². The van der Waals surface area contributed by atoms with E-state index in [1.54, 1.807) is 18.2 Å². The fourth-order valence-electron chi connectivity index (χ4n) is 1.79. The normalized spacial score (nSPS) is 11.3. The van der Waals surface area contributed by atoms with E-state index in [1.165, 1.54) is 6.07 Å². The molecule has 1 aromatic carbocycles. The lowest BCUT2D eigenvalue weighted by atomic mass is 10.1. The van der Waals surface area contributed by atoms with E-state index in [0.29, 0.717) is 23.8 Å². The van der Waals surface area contributed by atoms with Gasteiger partial charge >= 0.3 is 6.18 Å². The molecule has 2 aromatic rings. The number of hydrogen-bond donors (Lipinski definition) is 2. The van der Waals surface area contributed by atoms with Crippen LogP contribution in [-0.4, -0.2) is 28.8 Å². The molecule has 2 N–H and O–H groups in total. The van der Waals surface area contributed by atoms with Gasteiger partial charge in [0.1, 0.15) is 6.54 Å². The van der Waals surface area contributed by atoms with Crippen LogP contribution in [0.25, 0.3) is 0 Å². The van der Waals surface area contributed by atoms with Gasteiger partial charge in [0.05, 0.1) is 12.1 Å². The number of nitrogens with one attached hydrogen (secondary N) is 2. The van der Waals surface area contributed by atoms with Crippen LogP contribution in [0.15, 0.2) is 28.8 Å². The Morgan fingerprint density at radius 3 is 2.70 bits per heavy atom. The summed E-state index contributed by atoms with van der Waals surface area (Å²) in [5.41, 5.74) is 0.492. The number of amides is 1. The van der Waals surface area contributed by atoms with E-state index >= 15 is 0 Å². The lowest BCUT2D eigenvalue weighted by Crippen LogP contribution is -2.34. The molecule has 0 unspecified atom stereocenters. The standard InChI is InChI=1S/C14H15F3N4O2/c1-2-12-20-11(21-23-12)7-18-10-6-4-3-5-9(10)13(22)19-8-14(15,16)17/h3-6,18H,2,7-8H2,1H3,(H,19,22). The highest BCUT2D eigenvalue weighted by Gasteiger charge is 2.28. The number of aromatic nitrogens is 2. The number of halogens is 3. The Kier molecular flexibility index (Phi) is 5.20. The third kappa shape index (κ3) is 4.97. The summed E-state index contributed by atoms with van der Waals surface area (Å²) in [5, 5.41) is 8.50. The van der Waals surface area contributed by atoms with Crippen LogP contribution in [0.4, 0.5) is 18.9 Å². The molecule has 0 saturated carbocycles. The van der Waals surface area contributed by atoms with Crippen LogP contribution in [0.2, 0.25) is 0 Å². The zero-order valence-electron chi connectivity index (χ0n) is 12.3. The van der Waals surface area contributed by atoms with E-state index in [9.17, 15) is 18.0 Å². The minimum absolute atomic E-state index is 0.107. The Morgan fingerprint density at radius 1 is 1.30 bits per heavy atom. The van der Waals surface area contributed by atoms with E-state index in [4.69, 9.17) is 4.52 Å². The van der Waals surface area contributed by atoms with Gasteiger partial charge in [0.15, 0.2) is 5.82 Å². The maximum absolute atomic E-state index is 12.2. The number of alkyl halides is 3. The Bertz CT molecular complexity index is 670. The summed E-state index contributed by atoms with van der Waals surface area (Å²) in [7, 11) is 0. The second-order valence-corrected chi connectivity index (χ2v) is 4.65. The first-order valence-corrected chi connectivity index (χ1v) is 6.88. The molecule has 124 valence electrons. The highest BCUT2D eigenvalue weighted by Crippen LogP contribution is 2.17. The van der Waals surface area contributed by atoms with Gasteiger partial charge in [0.25, 0.3) is 5.91 Å². The molecule has 1 heterocycles. The zero-order chi connectivity index (χ0) is 16.9. The first-order valence-electron chi connectivity index (χ1n) is 6.88. The predicted octanol–water partition coefficient (Wildman–Crippen LogP) is 2.54. The number of benzene rings is 1. The van der Waals surface area contributed by atoms with E-state index in [0.717, 1.165) is 0 Å². The van der Waals surface area contributed by atoms with Crippen molar-refractivity contribution < 1.29 is 22.5 Å². The van der Waals surface area contributed by atoms with Crippen molar-refractivity contribution in [3.8, 4) is 0 Å². The van der Waals surface area contributed by atoms with E-state index in [2.05, 4.69) is 15.5 Å². The van der Waals surface area contributed by atoms with E-state index in [-0.39, 0.29) is 12.1 Å². The number of hydrogen-bond acceptors (Lipinski definition) is 5. The summed E-state index contributed by atoms with van der Waals surface area (Å²) in [6.07, 6.45) is -3.86. The van der Waals surface area contributed by atoms with Crippen molar-refractivity contribution in [2.24, 2.45) is 0 Å². The van der Waals surface area contributed by atoms with Crippen LogP contribution in [0.1, 0.15) is 29.0 Å². The molecule has 0 bridgehead atoms. The monoisotopic (exact) mass is 328 g/mol. The number of carbonyl (C=O) groups excluding carboxylic acids is 1. The van der Waals surface area contributed by atoms with E-state index in [1.807, 2.05) is 12.2 Å². The minimum Gasteiger partial charge on any atom is -0.377 e. The van der Waals surface area contributed by atoms with Gasteiger partial charge in [0, 0.05) is 12.1 Å². The molecular formula is C14H15F3N4O2. The molecule has 0 radical (unpaired) electrons. The topological polar surface area (TPSA) is 80.0 Å². The Balaban J connectivity index is 2.03. The van der Waals surface area contributed by atoms with Gasteiger partial charge in [0.2, 0.25) is 5.89 Å². The van der Waals surface area contributed by atoms with Crippen molar-refractivity contribution in [3.63, 3.8) is 0 Å². The number of anilines is 1. The second-order valence-electron chi connectivity index (χ2n) is 4.65.